The van der Waals surface area contributed by atoms with Crippen molar-refractivity contribution >= 4 is 15.9 Å². The Balaban J connectivity index is 1.98. The van der Waals surface area contributed by atoms with E-state index < -0.39 is 10.0 Å². The zero-order valence-corrected chi connectivity index (χ0v) is 10.7. The summed E-state index contributed by atoms with van der Waals surface area (Å²) in [7, 11) is -3.41. The fourth-order valence-electron chi connectivity index (χ4n) is 2.51. The molecule has 0 aromatic carbocycles. The van der Waals surface area contributed by atoms with Crippen LogP contribution in [0.25, 0.3) is 0 Å². The van der Waals surface area contributed by atoms with Crippen molar-refractivity contribution in [2.45, 2.75) is 43.8 Å². The van der Waals surface area contributed by atoms with E-state index in [-0.39, 0.29) is 23.0 Å². The van der Waals surface area contributed by atoms with Crippen molar-refractivity contribution in [2.75, 3.05) is 6.54 Å². The number of carbonyl (C=O) groups is 1. The van der Waals surface area contributed by atoms with E-state index in [9.17, 15) is 13.2 Å². The van der Waals surface area contributed by atoms with Crippen LogP contribution < -0.4 is 10.5 Å². The third kappa shape index (κ3) is 2.98. The normalized spacial score (nSPS) is 29.9. The summed E-state index contributed by atoms with van der Waals surface area (Å²) in [4.78, 5) is 12.0. The van der Waals surface area contributed by atoms with E-state index in [0.29, 0.717) is 19.4 Å². The molecular formula is C11H20N2O3S. The molecule has 2 fully saturated rings. The molecule has 2 saturated carbocycles. The van der Waals surface area contributed by atoms with Crippen molar-refractivity contribution in [3.05, 3.63) is 0 Å². The Bertz CT molecular complexity index is 390. The number of nitrogens with one attached hydrogen (secondary N) is 1. The largest absolute Gasteiger partial charge is 0.330 e. The number of carbonyl (C=O) groups excluding carboxylic acids is 1. The molecular weight excluding hydrogens is 240 g/mol. The van der Waals surface area contributed by atoms with Crippen LogP contribution in [0.5, 0.6) is 0 Å². The number of rotatable bonds is 4. The Morgan fingerprint density at radius 2 is 1.82 bits per heavy atom. The molecule has 2 aliphatic rings. The molecule has 0 spiro atoms. The molecule has 5 nitrogen and oxygen atoms in total. The number of nitrogens with two attached hydrogens (primary N) is 1. The van der Waals surface area contributed by atoms with Gasteiger partial charge in [0, 0.05) is 5.92 Å². The van der Waals surface area contributed by atoms with Crippen LogP contribution >= 0.6 is 0 Å². The van der Waals surface area contributed by atoms with Gasteiger partial charge in [0.15, 0.2) is 0 Å². The van der Waals surface area contributed by atoms with Gasteiger partial charge in [-0.15, -0.1) is 0 Å². The summed E-state index contributed by atoms with van der Waals surface area (Å²) in [5.41, 5.74) is 5.64. The predicted octanol–water partition coefficient (Wildman–Crippen LogP) is 0.360. The highest BCUT2D eigenvalue weighted by atomic mass is 32.2. The maximum atomic E-state index is 12.0. The van der Waals surface area contributed by atoms with Crippen molar-refractivity contribution < 1.29 is 13.2 Å². The van der Waals surface area contributed by atoms with E-state index in [1.807, 2.05) is 0 Å². The summed E-state index contributed by atoms with van der Waals surface area (Å²) in [6.45, 7) is 0.460. The SMILES string of the molecule is NCC1CCCCC1C(=O)NS(=O)(=O)C1CC1. The number of hydrogen-bond acceptors (Lipinski definition) is 4. The van der Waals surface area contributed by atoms with Gasteiger partial charge in [-0.05, 0) is 38.1 Å². The first-order valence-electron chi connectivity index (χ1n) is 6.30. The second kappa shape index (κ2) is 4.94. The minimum atomic E-state index is -3.41. The third-order valence-corrected chi connectivity index (χ3v) is 5.59. The van der Waals surface area contributed by atoms with E-state index in [1.54, 1.807) is 0 Å². The quantitative estimate of drug-likeness (QED) is 0.763. The van der Waals surface area contributed by atoms with Crippen molar-refractivity contribution in [3.8, 4) is 0 Å². The molecule has 0 aliphatic heterocycles. The van der Waals surface area contributed by atoms with Crippen LogP contribution in [0.3, 0.4) is 0 Å². The highest BCUT2D eigenvalue weighted by Gasteiger charge is 2.39. The zero-order chi connectivity index (χ0) is 12.5. The van der Waals surface area contributed by atoms with Crippen LogP contribution in [-0.2, 0) is 14.8 Å². The van der Waals surface area contributed by atoms with Crippen molar-refractivity contribution in [3.63, 3.8) is 0 Å². The molecule has 3 N–H and O–H groups in total. The molecule has 98 valence electrons. The first-order chi connectivity index (χ1) is 8.04. The minimum Gasteiger partial charge on any atom is -0.330 e. The van der Waals surface area contributed by atoms with Crippen LogP contribution in [-0.4, -0.2) is 26.1 Å². The first-order valence-corrected chi connectivity index (χ1v) is 7.85. The third-order valence-electron chi connectivity index (χ3n) is 3.75. The average Bonchev–Trinajstić information content (AvgIpc) is 3.12. The summed E-state index contributed by atoms with van der Waals surface area (Å²) in [6.07, 6.45) is 5.10. The molecule has 2 rings (SSSR count). The van der Waals surface area contributed by atoms with Gasteiger partial charge in [-0.3, -0.25) is 9.52 Å². The van der Waals surface area contributed by atoms with Gasteiger partial charge in [-0.25, -0.2) is 8.42 Å². The standard InChI is InChI=1S/C11H20N2O3S/c12-7-8-3-1-2-4-10(8)11(14)13-17(15,16)9-5-6-9/h8-10H,1-7,12H2,(H,13,14). The Morgan fingerprint density at radius 1 is 1.18 bits per heavy atom. The Hall–Kier alpha value is -0.620. The lowest BCUT2D eigenvalue weighted by atomic mass is 9.79. The van der Waals surface area contributed by atoms with Crippen molar-refractivity contribution in [1.82, 2.24) is 4.72 Å². The lowest BCUT2D eigenvalue weighted by Crippen LogP contribution is -2.43. The van der Waals surface area contributed by atoms with Crippen LogP contribution in [0, 0.1) is 11.8 Å². The fourth-order valence-corrected chi connectivity index (χ4v) is 3.87. The molecule has 2 unspecified atom stereocenters. The Kier molecular flexibility index (Phi) is 3.73. The summed E-state index contributed by atoms with van der Waals surface area (Å²) >= 11 is 0. The topological polar surface area (TPSA) is 89.3 Å². The van der Waals surface area contributed by atoms with E-state index in [4.69, 9.17) is 5.73 Å². The molecule has 1 amide bonds. The fraction of sp³-hybridized carbons (Fsp3) is 0.909. The zero-order valence-electron chi connectivity index (χ0n) is 9.89. The Labute approximate surface area is 102 Å². The molecule has 17 heavy (non-hydrogen) atoms. The smallest absolute Gasteiger partial charge is 0.237 e. The first kappa shape index (κ1) is 12.8. The molecule has 0 heterocycles. The van der Waals surface area contributed by atoms with Gasteiger partial charge in [-0.2, -0.15) is 0 Å². The number of hydrogen-bond donors (Lipinski definition) is 2. The molecule has 2 atom stereocenters. The summed E-state index contributed by atoms with van der Waals surface area (Å²) in [5, 5.41) is -0.341. The summed E-state index contributed by atoms with van der Waals surface area (Å²) in [6, 6.07) is 0. The van der Waals surface area contributed by atoms with E-state index in [2.05, 4.69) is 4.72 Å². The maximum Gasteiger partial charge on any atom is 0.237 e. The molecule has 6 heteroatoms. The Morgan fingerprint density at radius 3 is 2.41 bits per heavy atom. The van der Waals surface area contributed by atoms with Crippen molar-refractivity contribution in [1.29, 1.82) is 0 Å². The van der Waals surface area contributed by atoms with E-state index in [0.717, 1.165) is 25.7 Å². The van der Waals surface area contributed by atoms with Crippen LogP contribution in [0.1, 0.15) is 38.5 Å². The van der Waals surface area contributed by atoms with Crippen LogP contribution in [0.15, 0.2) is 0 Å². The lowest BCUT2D eigenvalue weighted by molar-refractivity contribution is -0.125. The molecule has 0 aromatic rings. The number of sulfonamides is 1. The van der Waals surface area contributed by atoms with Gasteiger partial charge in [0.2, 0.25) is 15.9 Å². The van der Waals surface area contributed by atoms with Gasteiger partial charge >= 0.3 is 0 Å². The lowest BCUT2D eigenvalue weighted by Gasteiger charge is -2.29. The van der Waals surface area contributed by atoms with Crippen LogP contribution in [0.4, 0.5) is 0 Å². The minimum absolute atomic E-state index is 0.137. The highest BCUT2D eigenvalue weighted by Crippen LogP contribution is 2.31. The van der Waals surface area contributed by atoms with Gasteiger partial charge in [0.05, 0.1) is 5.25 Å². The van der Waals surface area contributed by atoms with E-state index in [1.165, 1.54) is 0 Å². The van der Waals surface area contributed by atoms with Gasteiger partial charge < -0.3 is 5.73 Å². The van der Waals surface area contributed by atoms with Crippen LogP contribution in [0.2, 0.25) is 0 Å². The van der Waals surface area contributed by atoms with Gasteiger partial charge in [0.1, 0.15) is 0 Å². The summed E-state index contributed by atoms with van der Waals surface area (Å²) < 4.78 is 25.6. The maximum absolute atomic E-state index is 12.0. The second-order valence-corrected chi connectivity index (χ2v) is 7.06. The van der Waals surface area contributed by atoms with Crippen molar-refractivity contribution in [2.24, 2.45) is 17.6 Å². The highest BCUT2D eigenvalue weighted by molar-refractivity contribution is 7.90. The number of amides is 1. The molecule has 2 aliphatic carbocycles. The second-order valence-electron chi connectivity index (χ2n) is 5.10. The molecule has 0 aromatic heterocycles. The monoisotopic (exact) mass is 260 g/mol. The van der Waals surface area contributed by atoms with Gasteiger partial charge in [-0.1, -0.05) is 12.8 Å². The molecule has 0 radical (unpaired) electrons. The predicted molar refractivity (Wildman–Crippen MR) is 64.6 cm³/mol. The average molecular weight is 260 g/mol. The van der Waals surface area contributed by atoms with Gasteiger partial charge in [0.25, 0.3) is 0 Å². The summed E-state index contributed by atoms with van der Waals surface area (Å²) in [5.74, 6) is -0.424. The van der Waals surface area contributed by atoms with E-state index >= 15 is 0 Å². The molecule has 0 saturated heterocycles. The molecule has 0 bridgehead atoms.